The van der Waals surface area contributed by atoms with Crippen molar-refractivity contribution in [3.05, 3.63) is 36.3 Å². The van der Waals surface area contributed by atoms with Crippen LogP contribution in [0.25, 0.3) is 0 Å². The van der Waals surface area contributed by atoms with Gasteiger partial charge < -0.3 is 10.1 Å². The van der Waals surface area contributed by atoms with Crippen molar-refractivity contribution in [3.8, 4) is 0 Å². The third kappa shape index (κ3) is 3.94. The Labute approximate surface area is 86.6 Å². The largest absolute Gasteiger partial charge is 0.482 e. The van der Waals surface area contributed by atoms with E-state index < -0.39 is 0 Å². The molecular weight excluding hydrogens is 178 g/mol. The summed E-state index contributed by atoms with van der Waals surface area (Å²) in [4.78, 5) is 10.9. The van der Waals surface area contributed by atoms with Crippen molar-refractivity contribution in [1.82, 2.24) is 5.32 Å². The topological polar surface area (TPSA) is 38.3 Å². The highest BCUT2D eigenvalue weighted by Gasteiger charge is 2.15. The van der Waals surface area contributed by atoms with Crippen LogP contribution in [0.1, 0.15) is 22.2 Å². The standard InChI is InChI=1S/C9H11NO2.C2H6.H2/c1-6(2)4-8-7(3)12-5-9(11)10-8;1-2;/h4H,1,3,5H2,2H3,(H,10,11);1-2H3;1H/b8-4+;;. The first-order chi connectivity index (χ1) is 6.59. The van der Waals surface area contributed by atoms with E-state index in [-0.39, 0.29) is 13.9 Å². The molecule has 0 aliphatic carbocycles. The molecule has 0 radical (unpaired) electrons. The summed E-state index contributed by atoms with van der Waals surface area (Å²) in [5, 5.41) is 2.63. The second-order valence-corrected chi connectivity index (χ2v) is 2.66. The maximum atomic E-state index is 10.9. The lowest BCUT2D eigenvalue weighted by atomic mass is 10.2. The lowest BCUT2D eigenvalue weighted by molar-refractivity contribution is -0.125. The molecule has 1 aliphatic rings. The van der Waals surface area contributed by atoms with Crippen molar-refractivity contribution in [2.75, 3.05) is 6.61 Å². The van der Waals surface area contributed by atoms with Crippen molar-refractivity contribution >= 4 is 5.91 Å². The van der Waals surface area contributed by atoms with Gasteiger partial charge in [0.05, 0.1) is 5.70 Å². The average molecular weight is 197 g/mol. The van der Waals surface area contributed by atoms with Crippen LogP contribution in [-0.2, 0) is 9.53 Å². The Bertz CT molecular complexity index is 282. The molecule has 1 heterocycles. The van der Waals surface area contributed by atoms with E-state index in [1.54, 1.807) is 6.08 Å². The molecule has 1 fully saturated rings. The summed E-state index contributed by atoms with van der Waals surface area (Å²) in [5.41, 5.74) is 1.44. The lowest BCUT2D eigenvalue weighted by Gasteiger charge is -2.19. The molecule has 0 atom stereocenters. The van der Waals surface area contributed by atoms with Crippen LogP contribution in [0.15, 0.2) is 36.3 Å². The van der Waals surface area contributed by atoms with Gasteiger partial charge in [0.15, 0.2) is 6.61 Å². The fourth-order valence-corrected chi connectivity index (χ4v) is 0.849. The van der Waals surface area contributed by atoms with Gasteiger partial charge in [-0.3, -0.25) is 4.79 Å². The maximum Gasteiger partial charge on any atom is 0.262 e. The van der Waals surface area contributed by atoms with E-state index in [2.05, 4.69) is 18.5 Å². The highest BCUT2D eigenvalue weighted by atomic mass is 16.5. The lowest BCUT2D eigenvalue weighted by Crippen LogP contribution is -2.33. The summed E-state index contributed by atoms with van der Waals surface area (Å²) < 4.78 is 4.99. The van der Waals surface area contributed by atoms with Gasteiger partial charge in [-0.15, -0.1) is 0 Å². The fraction of sp³-hybridized carbons (Fsp3) is 0.364. The predicted molar refractivity (Wildman–Crippen MR) is 59.6 cm³/mol. The van der Waals surface area contributed by atoms with Gasteiger partial charge in [0.1, 0.15) is 5.76 Å². The molecule has 3 nitrogen and oxygen atoms in total. The number of allylic oxidation sites excluding steroid dienone is 2. The van der Waals surface area contributed by atoms with E-state index >= 15 is 0 Å². The molecule has 0 aromatic heterocycles. The number of carbonyl (C=O) groups excluding carboxylic acids is 1. The van der Waals surface area contributed by atoms with E-state index in [1.807, 2.05) is 20.8 Å². The fourth-order valence-electron chi connectivity index (χ4n) is 0.849. The molecule has 0 saturated carbocycles. The first-order valence-corrected chi connectivity index (χ1v) is 4.58. The van der Waals surface area contributed by atoms with E-state index in [0.717, 1.165) is 5.57 Å². The summed E-state index contributed by atoms with van der Waals surface area (Å²) in [5.74, 6) is 0.326. The maximum absolute atomic E-state index is 10.9. The zero-order chi connectivity index (χ0) is 11.1. The minimum absolute atomic E-state index is 0. The molecule has 1 saturated heterocycles. The minimum Gasteiger partial charge on any atom is -0.482 e. The number of hydrogen-bond acceptors (Lipinski definition) is 2. The van der Waals surface area contributed by atoms with E-state index in [1.165, 1.54) is 0 Å². The van der Waals surface area contributed by atoms with Gasteiger partial charge in [0, 0.05) is 1.43 Å². The van der Waals surface area contributed by atoms with Gasteiger partial charge >= 0.3 is 0 Å². The highest BCUT2D eigenvalue weighted by Crippen LogP contribution is 2.12. The van der Waals surface area contributed by atoms with Crippen molar-refractivity contribution in [2.45, 2.75) is 20.8 Å². The van der Waals surface area contributed by atoms with Crippen LogP contribution in [0.3, 0.4) is 0 Å². The number of carbonyl (C=O) groups is 1. The molecule has 1 amide bonds. The molecule has 0 aromatic rings. The molecule has 0 bridgehead atoms. The van der Waals surface area contributed by atoms with Gasteiger partial charge in [-0.1, -0.05) is 32.6 Å². The van der Waals surface area contributed by atoms with Gasteiger partial charge in [-0.25, -0.2) is 0 Å². The summed E-state index contributed by atoms with van der Waals surface area (Å²) >= 11 is 0. The van der Waals surface area contributed by atoms with Crippen LogP contribution in [-0.4, -0.2) is 12.5 Å². The van der Waals surface area contributed by atoms with Crippen molar-refractivity contribution in [2.24, 2.45) is 0 Å². The van der Waals surface area contributed by atoms with E-state index in [4.69, 9.17) is 4.74 Å². The number of amides is 1. The number of ether oxygens (including phenoxy) is 1. The Morgan fingerprint density at radius 2 is 2.21 bits per heavy atom. The second kappa shape index (κ2) is 6.02. The normalized spacial score (nSPS) is 17.8. The Balaban J connectivity index is 0. The summed E-state index contributed by atoms with van der Waals surface area (Å²) in [7, 11) is 0. The van der Waals surface area contributed by atoms with Crippen LogP contribution in [0.4, 0.5) is 0 Å². The Morgan fingerprint density at radius 1 is 1.64 bits per heavy atom. The Kier molecular flexibility index (Phi) is 5.37. The van der Waals surface area contributed by atoms with Crippen molar-refractivity contribution in [3.63, 3.8) is 0 Å². The molecule has 14 heavy (non-hydrogen) atoms. The zero-order valence-corrected chi connectivity index (χ0v) is 9.02. The van der Waals surface area contributed by atoms with Crippen LogP contribution >= 0.6 is 0 Å². The van der Waals surface area contributed by atoms with Gasteiger partial charge in [-0.2, -0.15) is 0 Å². The third-order valence-electron chi connectivity index (χ3n) is 1.34. The second-order valence-electron chi connectivity index (χ2n) is 2.66. The number of hydrogen-bond donors (Lipinski definition) is 1. The molecule has 1 aliphatic heterocycles. The molecule has 1 rings (SSSR count). The van der Waals surface area contributed by atoms with Crippen LogP contribution < -0.4 is 5.32 Å². The first kappa shape index (κ1) is 12.5. The Hall–Kier alpha value is -1.51. The van der Waals surface area contributed by atoms with Gasteiger partial charge in [-0.05, 0) is 13.0 Å². The van der Waals surface area contributed by atoms with Crippen LogP contribution in [0.2, 0.25) is 0 Å². The minimum atomic E-state index is -0.157. The molecule has 80 valence electrons. The molecule has 0 unspecified atom stereocenters. The number of rotatable bonds is 1. The highest BCUT2D eigenvalue weighted by molar-refractivity contribution is 5.81. The van der Waals surface area contributed by atoms with Crippen molar-refractivity contribution in [1.29, 1.82) is 0 Å². The first-order valence-electron chi connectivity index (χ1n) is 4.58. The molecule has 3 heteroatoms. The molecule has 1 N–H and O–H groups in total. The summed E-state index contributed by atoms with van der Waals surface area (Å²) in [6.07, 6.45) is 1.72. The van der Waals surface area contributed by atoms with Gasteiger partial charge in [0.2, 0.25) is 0 Å². The molecular formula is C11H19NO2. The van der Waals surface area contributed by atoms with Crippen molar-refractivity contribution < 1.29 is 11.0 Å². The Morgan fingerprint density at radius 3 is 2.71 bits per heavy atom. The quantitative estimate of drug-likeness (QED) is 0.701. The van der Waals surface area contributed by atoms with E-state index in [0.29, 0.717) is 11.5 Å². The monoisotopic (exact) mass is 197 g/mol. The average Bonchev–Trinajstić information content (AvgIpc) is 2.14. The molecule has 0 aromatic carbocycles. The predicted octanol–water partition coefficient (Wildman–Crippen LogP) is 2.38. The van der Waals surface area contributed by atoms with Crippen LogP contribution in [0.5, 0.6) is 0 Å². The number of nitrogens with one attached hydrogen (secondary N) is 1. The number of morpholine rings is 1. The smallest absolute Gasteiger partial charge is 0.262 e. The van der Waals surface area contributed by atoms with E-state index in [9.17, 15) is 4.79 Å². The van der Waals surface area contributed by atoms with Gasteiger partial charge in [0.25, 0.3) is 5.91 Å². The summed E-state index contributed by atoms with van der Waals surface area (Å²) in [6, 6.07) is 0. The summed E-state index contributed by atoms with van der Waals surface area (Å²) in [6.45, 7) is 13.2. The SMILES string of the molecule is C=C(C)/C=C1/NC(=O)COC1=C.CC.[HH]. The van der Waals surface area contributed by atoms with Crippen LogP contribution in [0, 0.1) is 0 Å². The molecule has 0 spiro atoms. The third-order valence-corrected chi connectivity index (χ3v) is 1.34. The zero-order valence-electron chi connectivity index (χ0n) is 9.02.